The molecular weight excluding hydrogens is 140 g/mol. The Bertz CT molecular complexity index is 262. The lowest BCUT2D eigenvalue weighted by molar-refractivity contribution is 0.0835. The molecule has 52 valence electrons. The van der Waals surface area contributed by atoms with Crippen LogP contribution in [0.25, 0.3) is 0 Å². The number of hydrogen-bond acceptors (Lipinski definition) is 2. The molecule has 0 fully saturated rings. The van der Waals surface area contributed by atoms with Crippen molar-refractivity contribution >= 4 is 6.04 Å². The molecule has 1 aromatic rings. The van der Waals surface area contributed by atoms with Crippen LogP contribution in [0.5, 0.6) is 0 Å². The van der Waals surface area contributed by atoms with Crippen LogP contribution in [0, 0.1) is 5.95 Å². The van der Waals surface area contributed by atoms with Crippen molar-refractivity contribution in [1.29, 1.82) is 0 Å². The zero-order valence-corrected chi connectivity index (χ0v) is 4.84. The summed E-state index contributed by atoms with van der Waals surface area (Å²) in [7, 11) is 0. The number of halogens is 2. The van der Waals surface area contributed by atoms with Crippen LogP contribution in [0.4, 0.5) is 8.78 Å². The first kappa shape index (κ1) is 6.80. The summed E-state index contributed by atoms with van der Waals surface area (Å²) < 4.78 is 23.9. The molecule has 0 amide bonds. The SMILES string of the molecule is O=C(F)c1ccnc(F)c1. The Balaban J connectivity index is 3.07. The predicted octanol–water partition coefficient (Wildman–Crippen LogP) is 1.33. The lowest BCUT2D eigenvalue weighted by Crippen LogP contribution is -1.91. The van der Waals surface area contributed by atoms with E-state index in [1.54, 1.807) is 0 Å². The fourth-order valence-electron chi connectivity index (χ4n) is 0.525. The molecule has 0 spiro atoms. The average molecular weight is 143 g/mol. The number of pyridine rings is 1. The standard InChI is InChI=1S/C6H3F2NO/c7-5-3-4(6(8)10)1-2-9-5/h1-3H. The molecule has 1 heterocycles. The molecule has 2 nitrogen and oxygen atoms in total. The fourth-order valence-corrected chi connectivity index (χ4v) is 0.525. The molecule has 0 N–H and O–H groups in total. The van der Waals surface area contributed by atoms with Crippen LogP contribution >= 0.6 is 0 Å². The first-order chi connectivity index (χ1) is 4.70. The van der Waals surface area contributed by atoms with E-state index in [-0.39, 0.29) is 5.56 Å². The number of nitrogens with zero attached hydrogens (tertiary/aromatic N) is 1. The molecule has 0 aliphatic carbocycles. The van der Waals surface area contributed by atoms with Crippen LogP contribution in [0.3, 0.4) is 0 Å². The minimum absolute atomic E-state index is 0.312. The molecule has 0 radical (unpaired) electrons. The Morgan fingerprint density at radius 2 is 2.30 bits per heavy atom. The van der Waals surface area contributed by atoms with E-state index in [4.69, 9.17) is 0 Å². The normalized spacial score (nSPS) is 9.40. The van der Waals surface area contributed by atoms with Gasteiger partial charge in [0.15, 0.2) is 0 Å². The third-order valence-corrected chi connectivity index (χ3v) is 0.954. The van der Waals surface area contributed by atoms with Gasteiger partial charge in [0.25, 0.3) is 0 Å². The molecule has 0 unspecified atom stereocenters. The van der Waals surface area contributed by atoms with Gasteiger partial charge in [-0.15, -0.1) is 0 Å². The Morgan fingerprint density at radius 3 is 2.70 bits per heavy atom. The van der Waals surface area contributed by atoms with Crippen LogP contribution in [-0.2, 0) is 0 Å². The van der Waals surface area contributed by atoms with E-state index in [0.717, 1.165) is 18.3 Å². The van der Waals surface area contributed by atoms with Crippen molar-refractivity contribution in [3.05, 3.63) is 29.8 Å². The first-order valence-corrected chi connectivity index (χ1v) is 2.51. The van der Waals surface area contributed by atoms with Gasteiger partial charge in [-0.2, -0.15) is 8.78 Å². The van der Waals surface area contributed by atoms with E-state index >= 15 is 0 Å². The van der Waals surface area contributed by atoms with Gasteiger partial charge in [0, 0.05) is 12.3 Å². The monoisotopic (exact) mass is 143 g/mol. The van der Waals surface area contributed by atoms with Crippen LogP contribution in [-0.4, -0.2) is 11.0 Å². The number of carbonyl (C=O) groups is 1. The van der Waals surface area contributed by atoms with Gasteiger partial charge in [0.2, 0.25) is 5.95 Å². The van der Waals surface area contributed by atoms with Gasteiger partial charge < -0.3 is 0 Å². The van der Waals surface area contributed by atoms with E-state index < -0.39 is 12.0 Å². The van der Waals surface area contributed by atoms with Crippen molar-refractivity contribution in [2.75, 3.05) is 0 Å². The summed E-state index contributed by atoms with van der Waals surface area (Å²) in [5.74, 6) is -0.858. The maximum absolute atomic E-state index is 12.1. The second-order valence-electron chi connectivity index (χ2n) is 1.64. The van der Waals surface area contributed by atoms with Crippen molar-refractivity contribution in [2.24, 2.45) is 0 Å². The Hall–Kier alpha value is -1.32. The Labute approximate surface area is 55.5 Å². The first-order valence-electron chi connectivity index (χ1n) is 2.51. The zero-order chi connectivity index (χ0) is 7.56. The molecule has 1 aromatic heterocycles. The van der Waals surface area contributed by atoms with E-state index in [2.05, 4.69) is 4.98 Å². The summed E-state index contributed by atoms with van der Waals surface area (Å²) in [4.78, 5) is 13.1. The Morgan fingerprint density at radius 1 is 1.60 bits per heavy atom. The molecule has 0 bridgehead atoms. The van der Waals surface area contributed by atoms with E-state index in [9.17, 15) is 13.6 Å². The van der Waals surface area contributed by atoms with Gasteiger partial charge in [-0.1, -0.05) is 0 Å². The Kier molecular flexibility index (Phi) is 1.71. The summed E-state index contributed by atoms with van der Waals surface area (Å²) in [5.41, 5.74) is -0.312. The quantitative estimate of drug-likeness (QED) is 0.438. The molecule has 4 heteroatoms. The predicted molar refractivity (Wildman–Crippen MR) is 29.6 cm³/mol. The second kappa shape index (κ2) is 2.51. The number of hydrogen-bond donors (Lipinski definition) is 0. The molecule has 0 aromatic carbocycles. The van der Waals surface area contributed by atoms with Gasteiger partial charge in [0.05, 0.1) is 5.56 Å². The number of aromatic nitrogens is 1. The highest BCUT2D eigenvalue weighted by molar-refractivity contribution is 5.88. The maximum atomic E-state index is 12.1. The van der Waals surface area contributed by atoms with Crippen molar-refractivity contribution in [3.63, 3.8) is 0 Å². The molecule has 0 aliphatic rings. The third kappa shape index (κ3) is 1.34. The summed E-state index contributed by atoms with van der Waals surface area (Å²) in [6.07, 6.45) is 1.03. The summed E-state index contributed by atoms with van der Waals surface area (Å²) in [6, 6.07) is 0.189. The smallest absolute Gasteiger partial charge is 0.255 e. The minimum Gasteiger partial charge on any atom is -0.255 e. The minimum atomic E-state index is -1.65. The van der Waals surface area contributed by atoms with Crippen LogP contribution in [0.1, 0.15) is 10.4 Å². The second-order valence-corrected chi connectivity index (χ2v) is 1.64. The van der Waals surface area contributed by atoms with Crippen molar-refractivity contribution in [3.8, 4) is 0 Å². The van der Waals surface area contributed by atoms with Crippen molar-refractivity contribution in [1.82, 2.24) is 4.98 Å². The van der Waals surface area contributed by atoms with Crippen LogP contribution < -0.4 is 0 Å². The van der Waals surface area contributed by atoms with Gasteiger partial charge in [-0.05, 0) is 6.07 Å². The molecule has 0 saturated heterocycles. The summed E-state index contributed by atoms with van der Waals surface area (Å²) in [6.45, 7) is 0. The van der Waals surface area contributed by atoms with Crippen molar-refractivity contribution < 1.29 is 13.6 Å². The molecule has 1 rings (SSSR count). The number of rotatable bonds is 1. The van der Waals surface area contributed by atoms with Gasteiger partial charge in [-0.25, -0.2) is 4.98 Å². The zero-order valence-electron chi connectivity index (χ0n) is 4.84. The fraction of sp³-hybridized carbons (Fsp3) is 0. The molecular formula is C6H3F2NO. The topological polar surface area (TPSA) is 30.0 Å². The summed E-state index contributed by atoms with van der Waals surface area (Å²) >= 11 is 0. The highest BCUT2D eigenvalue weighted by Crippen LogP contribution is 2.01. The van der Waals surface area contributed by atoms with E-state index in [1.807, 2.05) is 0 Å². The van der Waals surface area contributed by atoms with Gasteiger partial charge in [-0.3, -0.25) is 4.79 Å². The van der Waals surface area contributed by atoms with E-state index in [0.29, 0.717) is 0 Å². The molecule has 10 heavy (non-hydrogen) atoms. The largest absolute Gasteiger partial charge is 0.332 e. The van der Waals surface area contributed by atoms with Gasteiger partial charge >= 0.3 is 6.04 Å². The number of carbonyl (C=O) groups excluding carboxylic acids is 1. The van der Waals surface area contributed by atoms with Crippen LogP contribution in [0.2, 0.25) is 0 Å². The lowest BCUT2D eigenvalue weighted by Gasteiger charge is -1.88. The summed E-state index contributed by atoms with van der Waals surface area (Å²) in [5, 5.41) is 0. The lowest BCUT2D eigenvalue weighted by atomic mass is 10.3. The average Bonchev–Trinajstić information content (AvgIpc) is 1.88. The van der Waals surface area contributed by atoms with Crippen molar-refractivity contribution in [2.45, 2.75) is 0 Å². The molecule has 0 saturated carbocycles. The highest BCUT2D eigenvalue weighted by Gasteiger charge is 2.03. The molecule has 0 aliphatic heterocycles. The van der Waals surface area contributed by atoms with E-state index in [1.165, 1.54) is 0 Å². The van der Waals surface area contributed by atoms with Gasteiger partial charge in [0.1, 0.15) is 0 Å². The third-order valence-electron chi connectivity index (χ3n) is 0.954. The maximum Gasteiger partial charge on any atom is 0.332 e. The molecule has 0 atom stereocenters. The van der Waals surface area contributed by atoms with Crippen LogP contribution in [0.15, 0.2) is 18.3 Å². The highest BCUT2D eigenvalue weighted by atomic mass is 19.1.